The van der Waals surface area contributed by atoms with Gasteiger partial charge in [-0.2, -0.15) is 0 Å². The smallest absolute Gasteiger partial charge is 0.250 e. The number of hydrogen-bond donors (Lipinski definition) is 2. The molecular weight excluding hydrogens is 182 g/mol. The van der Waals surface area contributed by atoms with Gasteiger partial charge in [0.2, 0.25) is 5.91 Å². The number of aliphatic hydroxyl groups excluding tert-OH is 1. The third-order valence-corrected chi connectivity index (χ3v) is 1.70. The van der Waals surface area contributed by atoms with E-state index in [1.54, 1.807) is 24.3 Å². The largest absolute Gasteiger partial charge is 0.392 e. The summed E-state index contributed by atoms with van der Waals surface area (Å²) in [5, 5.41) is 11.4. The normalized spacial score (nSPS) is 9.86. The predicted octanol–water partition coefficient (Wildman–Crippen LogP) is 0.764. The van der Waals surface area contributed by atoms with E-state index in [2.05, 4.69) is 10.1 Å². The summed E-state index contributed by atoms with van der Waals surface area (Å²) < 4.78 is 4.67. The molecule has 0 aliphatic carbocycles. The molecule has 0 radical (unpaired) electrons. The van der Waals surface area contributed by atoms with Crippen LogP contribution in [0.2, 0.25) is 0 Å². The minimum absolute atomic E-state index is 0.00625. The Morgan fingerprint density at radius 1 is 1.43 bits per heavy atom. The maximum atomic E-state index is 11.1. The lowest BCUT2D eigenvalue weighted by molar-refractivity contribution is -0.119. The van der Waals surface area contributed by atoms with Gasteiger partial charge in [-0.3, -0.25) is 4.79 Å². The number of carbonyl (C=O) groups excluding carboxylic acids is 1. The predicted molar refractivity (Wildman–Crippen MR) is 52.9 cm³/mol. The highest BCUT2D eigenvalue weighted by Crippen LogP contribution is 2.09. The summed E-state index contributed by atoms with van der Waals surface area (Å²) in [6, 6.07) is 6.98. The summed E-state index contributed by atoms with van der Waals surface area (Å²) in [4.78, 5) is 11.1. The first-order chi connectivity index (χ1) is 6.76. The van der Waals surface area contributed by atoms with Crippen LogP contribution in [0.3, 0.4) is 0 Å². The number of nitrogens with one attached hydrogen (secondary N) is 1. The molecule has 2 N–H and O–H groups in total. The lowest BCUT2D eigenvalue weighted by atomic mass is 10.2. The highest BCUT2D eigenvalue weighted by atomic mass is 16.5. The number of rotatable bonds is 4. The molecule has 0 aromatic heterocycles. The summed E-state index contributed by atoms with van der Waals surface area (Å²) in [5.41, 5.74) is 1.51. The molecule has 0 aliphatic rings. The first-order valence-electron chi connectivity index (χ1n) is 4.25. The molecule has 76 valence electrons. The van der Waals surface area contributed by atoms with Crippen LogP contribution in [-0.4, -0.2) is 24.7 Å². The topological polar surface area (TPSA) is 58.6 Å². The average molecular weight is 195 g/mol. The molecule has 0 atom stereocenters. The zero-order valence-corrected chi connectivity index (χ0v) is 7.99. The molecule has 1 rings (SSSR count). The maximum Gasteiger partial charge on any atom is 0.250 e. The molecule has 1 aromatic rings. The first-order valence-corrected chi connectivity index (χ1v) is 4.25. The number of carbonyl (C=O) groups is 1. The Labute approximate surface area is 82.5 Å². The van der Waals surface area contributed by atoms with Crippen molar-refractivity contribution in [2.75, 3.05) is 19.0 Å². The molecule has 0 saturated heterocycles. The van der Waals surface area contributed by atoms with E-state index in [-0.39, 0.29) is 19.1 Å². The van der Waals surface area contributed by atoms with Crippen LogP contribution < -0.4 is 5.32 Å². The molecule has 0 saturated carbocycles. The summed E-state index contributed by atoms with van der Waals surface area (Å²) in [7, 11) is 1.47. The molecule has 0 fully saturated rings. The minimum atomic E-state index is -0.191. The highest BCUT2D eigenvalue weighted by molar-refractivity contribution is 5.91. The van der Waals surface area contributed by atoms with Gasteiger partial charge in [-0.05, 0) is 17.7 Å². The van der Waals surface area contributed by atoms with Crippen LogP contribution >= 0.6 is 0 Å². The quantitative estimate of drug-likeness (QED) is 0.745. The number of hydrogen-bond acceptors (Lipinski definition) is 3. The van der Waals surface area contributed by atoms with Crippen molar-refractivity contribution < 1.29 is 14.6 Å². The van der Waals surface area contributed by atoms with Crippen molar-refractivity contribution in [2.24, 2.45) is 0 Å². The Morgan fingerprint density at radius 3 is 2.57 bits per heavy atom. The highest BCUT2D eigenvalue weighted by Gasteiger charge is 2.00. The van der Waals surface area contributed by atoms with Crippen LogP contribution in [0.5, 0.6) is 0 Å². The Bertz CT molecular complexity index is 295. The minimum Gasteiger partial charge on any atom is -0.392 e. The van der Waals surface area contributed by atoms with Gasteiger partial charge in [0, 0.05) is 12.8 Å². The fourth-order valence-corrected chi connectivity index (χ4v) is 1.02. The second-order valence-corrected chi connectivity index (χ2v) is 2.84. The Balaban J connectivity index is 2.55. The summed E-state index contributed by atoms with van der Waals surface area (Å²) in [5.74, 6) is -0.191. The molecule has 0 spiro atoms. The summed E-state index contributed by atoms with van der Waals surface area (Å²) in [6.45, 7) is 0.0497. The van der Waals surface area contributed by atoms with Gasteiger partial charge in [0.1, 0.15) is 6.61 Å². The number of benzene rings is 1. The first kappa shape index (κ1) is 10.7. The third-order valence-electron chi connectivity index (χ3n) is 1.70. The Hall–Kier alpha value is -1.39. The van der Waals surface area contributed by atoms with E-state index in [9.17, 15) is 4.79 Å². The van der Waals surface area contributed by atoms with Crippen molar-refractivity contribution in [2.45, 2.75) is 6.61 Å². The molecule has 14 heavy (non-hydrogen) atoms. The Morgan fingerprint density at radius 2 is 2.07 bits per heavy atom. The monoisotopic (exact) mass is 195 g/mol. The fourth-order valence-electron chi connectivity index (χ4n) is 1.02. The van der Waals surface area contributed by atoms with Crippen LogP contribution in [0.4, 0.5) is 5.69 Å². The van der Waals surface area contributed by atoms with E-state index < -0.39 is 0 Å². The van der Waals surface area contributed by atoms with Crippen molar-refractivity contribution in [3.8, 4) is 0 Å². The number of ether oxygens (including phenoxy) is 1. The van der Waals surface area contributed by atoms with Crippen molar-refractivity contribution >= 4 is 11.6 Å². The van der Waals surface area contributed by atoms with Crippen molar-refractivity contribution in [1.29, 1.82) is 0 Å². The lowest BCUT2D eigenvalue weighted by Crippen LogP contribution is -2.16. The summed E-state index contributed by atoms with van der Waals surface area (Å²) in [6.07, 6.45) is 0. The number of aliphatic hydroxyl groups is 1. The average Bonchev–Trinajstić information content (AvgIpc) is 2.19. The van der Waals surface area contributed by atoms with E-state index in [1.807, 2.05) is 0 Å². The molecule has 0 bridgehead atoms. The third kappa shape index (κ3) is 3.16. The molecule has 0 aliphatic heterocycles. The van der Waals surface area contributed by atoms with Crippen LogP contribution in [0.15, 0.2) is 24.3 Å². The fraction of sp³-hybridized carbons (Fsp3) is 0.300. The van der Waals surface area contributed by atoms with Crippen molar-refractivity contribution in [3.05, 3.63) is 29.8 Å². The zero-order valence-electron chi connectivity index (χ0n) is 7.99. The van der Waals surface area contributed by atoms with Gasteiger partial charge in [0.05, 0.1) is 6.61 Å². The number of anilines is 1. The van der Waals surface area contributed by atoms with Crippen LogP contribution in [0, 0.1) is 0 Å². The second kappa shape index (κ2) is 5.36. The van der Waals surface area contributed by atoms with Crippen LogP contribution in [0.1, 0.15) is 5.56 Å². The standard InChI is InChI=1S/C10H13NO3/c1-14-7-10(13)11-9-4-2-8(6-12)3-5-9/h2-5,12H,6-7H2,1H3,(H,11,13). The molecule has 0 unspecified atom stereocenters. The number of methoxy groups -OCH3 is 1. The van der Waals surface area contributed by atoms with E-state index in [0.29, 0.717) is 5.69 Å². The summed E-state index contributed by atoms with van der Waals surface area (Å²) >= 11 is 0. The number of amides is 1. The molecule has 0 heterocycles. The van der Waals surface area contributed by atoms with E-state index >= 15 is 0 Å². The zero-order chi connectivity index (χ0) is 10.4. The van der Waals surface area contributed by atoms with Crippen LogP contribution in [-0.2, 0) is 16.1 Å². The Kier molecular flexibility index (Phi) is 4.10. The maximum absolute atomic E-state index is 11.1. The van der Waals surface area contributed by atoms with Gasteiger partial charge in [0.25, 0.3) is 0 Å². The van der Waals surface area contributed by atoms with E-state index in [1.165, 1.54) is 7.11 Å². The van der Waals surface area contributed by atoms with Gasteiger partial charge < -0.3 is 15.2 Å². The van der Waals surface area contributed by atoms with Gasteiger partial charge in [-0.1, -0.05) is 12.1 Å². The van der Waals surface area contributed by atoms with Gasteiger partial charge in [-0.15, -0.1) is 0 Å². The van der Waals surface area contributed by atoms with Gasteiger partial charge in [-0.25, -0.2) is 0 Å². The molecular formula is C10H13NO3. The van der Waals surface area contributed by atoms with Crippen LogP contribution in [0.25, 0.3) is 0 Å². The van der Waals surface area contributed by atoms with E-state index in [0.717, 1.165) is 5.56 Å². The molecule has 4 nitrogen and oxygen atoms in total. The van der Waals surface area contributed by atoms with Crippen molar-refractivity contribution in [3.63, 3.8) is 0 Å². The van der Waals surface area contributed by atoms with Crippen molar-refractivity contribution in [1.82, 2.24) is 0 Å². The van der Waals surface area contributed by atoms with Gasteiger partial charge >= 0.3 is 0 Å². The molecule has 1 aromatic carbocycles. The van der Waals surface area contributed by atoms with Gasteiger partial charge in [0.15, 0.2) is 0 Å². The SMILES string of the molecule is COCC(=O)Nc1ccc(CO)cc1. The lowest BCUT2D eigenvalue weighted by Gasteiger charge is -2.04. The molecule has 1 amide bonds. The second-order valence-electron chi connectivity index (χ2n) is 2.84. The molecule has 4 heteroatoms. The van der Waals surface area contributed by atoms with E-state index in [4.69, 9.17) is 5.11 Å².